The number of nitrogens with zero attached hydrogens (tertiary/aromatic N) is 4. The van der Waals surface area contributed by atoms with Gasteiger partial charge >= 0.3 is 12.0 Å². The fourth-order valence-corrected chi connectivity index (χ4v) is 3.71. The minimum atomic E-state index is -1.16. The number of halogens is 1. The van der Waals surface area contributed by atoms with Crippen molar-refractivity contribution in [1.82, 2.24) is 14.7 Å². The van der Waals surface area contributed by atoms with Gasteiger partial charge in [-0.3, -0.25) is 19.4 Å². The summed E-state index contributed by atoms with van der Waals surface area (Å²) >= 11 is 5.90. The van der Waals surface area contributed by atoms with E-state index in [4.69, 9.17) is 11.6 Å². The smallest absolute Gasteiger partial charge is 0.329 e. The Kier molecular flexibility index (Phi) is 4.86. The number of carboxylic acid groups (broad SMARTS) is 1. The molecule has 2 heterocycles. The van der Waals surface area contributed by atoms with Gasteiger partial charge in [-0.15, -0.1) is 0 Å². The topological polar surface area (TPSA) is 93.5 Å². The van der Waals surface area contributed by atoms with Crippen LogP contribution in [0, 0.1) is 0 Å². The Labute approximate surface area is 162 Å². The van der Waals surface area contributed by atoms with E-state index in [0.29, 0.717) is 17.3 Å². The number of hydrogen-bond donors (Lipinski definition) is 1. The number of amidine groups is 1. The van der Waals surface area contributed by atoms with Gasteiger partial charge in [0.05, 0.1) is 6.54 Å². The Bertz CT molecular complexity index is 825. The van der Waals surface area contributed by atoms with Gasteiger partial charge in [0.2, 0.25) is 0 Å². The van der Waals surface area contributed by atoms with E-state index in [2.05, 4.69) is 4.99 Å². The van der Waals surface area contributed by atoms with Crippen molar-refractivity contribution in [1.29, 1.82) is 0 Å². The molecule has 0 spiro atoms. The third kappa shape index (κ3) is 3.03. The normalized spacial score (nSPS) is 25.0. The van der Waals surface area contributed by atoms with Gasteiger partial charge in [0.1, 0.15) is 12.4 Å². The molecule has 2 aliphatic rings. The second kappa shape index (κ2) is 6.84. The molecule has 9 heteroatoms. The molecule has 0 bridgehead atoms. The van der Waals surface area contributed by atoms with Crippen molar-refractivity contribution in [3.63, 3.8) is 0 Å². The number of amides is 3. The van der Waals surface area contributed by atoms with E-state index in [1.807, 2.05) is 6.92 Å². The molecule has 144 valence electrons. The van der Waals surface area contributed by atoms with Crippen LogP contribution in [-0.4, -0.2) is 68.8 Å². The lowest BCUT2D eigenvalue weighted by Crippen LogP contribution is -2.72. The summed E-state index contributed by atoms with van der Waals surface area (Å²) in [6, 6.07) is 6.15. The lowest BCUT2D eigenvalue weighted by Gasteiger charge is -2.48. The molecular weight excluding hydrogens is 372 g/mol. The van der Waals surface area contributed by atoms with Crippen molar-refractivity contribution in [3.05, 3.63) is 34.9 Å². The summed E-state index contributed by atoms with van der Waals surface area (Å²) < 4.78 is 0. The molecule has 1 fully saturated rings. The summed E-state index contributed by atoms with van der Waals surface area (Å²) in [6.07, 6.45) is -0.294. The number of carboxylic acids is 1. The lowest BCUT2D eigenvalue weighted by atomic mass is 9.92. The summed E-state index contributed by atoms with van der Waals surface area (Å²) in [6.45, 7) is 3.10. The van der Waals surface area contributed by atoms with Gasteiger partial charge in [0, 0.05) is 18.5 Å². The molecule has 0 aromatic heterocycles. The predicted molar refractivity (Wildman–Crippen MR) is 99.4 cm³/mol. The number of urea groups is 1. The van der Waals surface area contributed by atoms with Crippen LogP contribution in [0.25, 0.3) is 0 Å². The number of benzene rings is 1. The fraction of sp³-hybridized carbons (Fsp3) is 0.444. The van der Waals surface area contributed by atoms with Gasteiger partial charge < -0.3 is 10.0 Å². The van der Waals surface area contributed by atoms with Crippen molar-refractivity contribution in [2.24, 2.45) is 4.99 Å². The number of hydrogen-bond acceptors (Lipinski definition) is 5. The molecule has 2 aliphatic heterocycles. The Morgan fingerprint density at radius 3 is 2.48 bits per heavy atom. The highest BCUT2D eigenvalue weighted by Gasteiger charge is 2.60. The minimum absolute atomic E-state index is 0.0303. The number of aliphatic imine (C=N–C) groups is 1. The maximum Gasteiger partial charge on any atom is 0.329 e. The monoisotopic (exact) mass is 392 g/mol. The highest BCUT2D eigenvalue weighted by molar-refractivity contribution is 6.30. The maximum atomic E-state index is 13.3. The highest BCUT2D eigenvalue weighted by Crippen LogP contribution is 2.37. The largest absolute Gasteiger partial charge is 0.480 e. The molecule has 1 aromatic carbocycles. The number of fused-ring (bicyclic) bond motifs is 1. The number of rotatable bonds is 5. The molecular formula is C18H21ClN4O4. The van der Waals surface area contributed by atoms with E-state index in [0.717, 1.165) is 15.4 Å². The third-order valence-corrected chi connectivity index (χ3v) is 5.44. The fourth-order valence-electron chi connectivity index (χ4n) is 3.58. The number of aliphatic carboxylic acids is 1. The van der Waals surface area contributed by atoms with E-state index >= 15 is 0 Å². The standard InChI is InChI=1S/C18H21ClN4O4/c1-4-13-20-15-18(2,21(13)3)16(26)23(17(27)22(15)10-14(24)25)9-11-5-7-12(19)8-6-11/h5-8,15H,4,9-10H2,1-3H3,(H,24,25). The average Bonchev–Trinajstić information content (AvgIpc) is 2.89. The molecule has 1 saturated heterocycles. The molecule has 0 aliphatic carbocycles. The molecule has 3 amide bonds. The molecule has 27 heavy (non-hydrogen) atoms. The van der Waals surface area contributed by atoms with E-state index < -0.39 is 36.2 Å². The van der Waals surface area contributed by atoms with Gasteiger partial charge in [-0.05, 0) is 24.6 Å². The first-order valence-electron chi connectivity index (χ1n) is 8.59. The molecule has 1 N–H and O–H groups in total. The van der Waals surface area contributed by atoms with Crippen LogP contribution >= 0.6 is 11.6 Å². The first-order chi connectivity index (χ1) is 12.7. The first kappa shape index (κ1) is 19.2. The molecule has 2 unspecified atom stereocenters. The van der Waals surface area contributed by atoms with E-state index in [-0.39, 0.29) is 6.54 Å². The lowest BCUT2D eigenvalue weighted by molar-refractivity contribution is -0.149. The van der Waals surface area contributed by atoms with E-state index in [1.54, 1.807) is 43.1 Å². The summed E-state index contributed by atoms with van der Waals surface area (Å²) in [5, 5.41) is 9.82. The summed E-state index contributed by atoms with van der Waals surface area (Å²) in [7, 11) is 1.75. The van der Waals surface area contributed by atoms with Crippen molar-refractivity contribution in [2.75, 3.05) is 13.6 Å². The van der Waals surface area contributed by atoms with E-state index in [1.165, 1.54) is 0 Å². The Balaban J connectivity index is 2.01. The Hall–Kier alpha value is -2.61. The van der Waals surface area contributed by atoms with Gasteiger partial charge in [0.15, 0.2) is 11.7 Å². The Morgan fingerprint density at radius 1 is 1.30 bits per heavy atom. The molecule has 2 atom stereocenters. The molecule has 3 rings (SSSR count). The van der Waals surface area contributed by atoms with Crippen LogP contribution in [0.15, 0.2) is 29.3 Å². The third-order valence-electron chi connectivity index (χ3n) is 5.18. The van der Waals surface area contributed by atoms with Gasteiger partial charge in [-0.2, -0.15) is 0 Å². The van der Waals surface area contributed by atoms with Crippen molar-refractivity contribution >= 4 is 35.3 Å². The van der Waals surface area contributed by atoms with E-state index in [9.17, 15) is 19.5 Å². The minimum Gasteiger partial charge on any atom is -0.480 e. The van der Waals surface area contributed by atoms with Crippen LogP contribution in [0.4, 0.5) is 4.79 Å². The zero-order valence-electron chi connectivity index (χ0n) is 15.3. The van der Waals surface area contributed by atoms with Gasteiger partial charge in [-0.25, -0.2) is 9.79 Å². The van der Waals surface area contributed by atoms with Crippen molar-refractivity contribution in [2.45, 2.75) is 38.5 Å². The van der Waals surface area contributed by atoms with Crippen molar-refractivity contribution in [3.8, 4) is 0 Å². The SMILES string of the molecule is CCC1=NC2N(CC(=O)O)C(=O)N(Cc3ccc(Cl)cc3)C(=O)C2(C)N1C. The maximum absolute atomic E-state index is 13.3. The van der Waals surface area contributed by atoms with Crippen molar-refractivity contribution < 1.29 is 19.5 Å². The highest BCUT2D eigenvalue weighted by atomic mass is 35.5. The molecule has 1 aromatic rings. The Morgan fingerprint density at radius 2 is 1.93 bits per heavy atom. The predicted octanol–water partition coefficient (Wildman–Crippen LogP) is 2.03. The number of carbonyl (C=O) groups is 3. The molecule has 0 radical (unpaired) electrons. The number of imide groups is 1. The van der Waals surface area contributed by atoms with Crippen LogP contribution in [0.2, 0.25) is 5.02 Å². The first-order valence-corrected chi connectivity index (χ1v) is 8.97. The van der Waals surface area contributed by atoms with Crippen LogP contribution in [0.5, 0.6) is 0 Å². The second-order valence-corrected chi connectivity index (χ2v) is 7.24. The zero-order chi connectivity index (χ0) is 19.9. The summed E-state index contributed by atoms with van der Waals surface area (Å²) in [4.78, 5) is 46.1. The quantitative estimate of drug-likeness (QED) is 0.827. The van der Waals surface area contributed by atoms with Crippen LogP contribution in [0.3, 0.4) is 0 Å². The number of carbonyl (C=O) groups excluding carboxylic acids is 2. The molecule has 8 nitrogen and oxygen atoms in total. The second-order valence-electron chi connectivity index (χ2n) is 6.80. The van der Waals surface area contributed by atoms with Crippen LogP contribution < -0.4 is 0 Å². The summed E-state index contributed by atoms with van der Waals surface area (Å²) in [5.74, 6) is -0.898. The van der Waals surface area contributed by atoms with Crippen LogP contribution in [0.1, 0.15) is 25.8 Å². The molecule has 0 saturated carbocycles. The van der Waals surface area contributed by atoms with Crippen LogP contribution in [-0.2, 0) is 16.1 Å². The average molecular weight is 393 g/mol. The number of likely N-dealkylation sites (N-methyl/N-ethyl adjacent to an activating group) is 1. The zero-order valence-corrected chi connectivity index (χ0v) is 16.1. The van der Waals surface area contributed by atoms with Gasteiger partial charge in [0.25, 0.3) is 5.91 Å². The summed E-state index contributed by atoms with van der Waals surface area (Å²) in [5.41, 5.74) is -0.433. The van der Waals surface area contributed by atoms with Gasteiger partial charge in [-0.1, -0.05) is 30.7 Å².